The smallest absolute Gasteiger partial charge is 0.0674 e. The van der Waals surface area contributed by atoms with Crippen LogP contribution in [0, 0.1) is 5.92 Å². The number of hydrogen-bond acceptors (Lipinski definition) is 4. The Morgan fingerprint density at radius 3 is 1.94 bits per heavy atom. The molecule has 0 bridgehead atoms. The summed E-state index contributed by atoms with van der Waals surface area (Å²) in [4.78, 5) is 0. The molecule has 0 aliphatic heterocycles. The van der Waals surface area contributed by atoms with E-state index in [0.717, 1.165) is 6.42 Å². The van der Waals surface area contributed by atoms with E-state index in [4.69, 9.17) is 20.9 Å². The van der Waals surface area contributed by atoms with Crippen molar-refractivity contribution in [1.29, 1.82) is 0 Å². The molecule has 4 atom stereocenters. The summed E-state index contributed by atoms with van der Waals surface area (Å²) in [5.74, 6) is 0.312. The van der Waals surface area contributed by atoms with Crippen LogP contribution in [0.25, 0.3) is 0 Å². The SMILES string of the molecule is CC(N)COC(C)(C)C(C)COC(C)CC(C)N. The minimum absolute atomic E-state index is 0.0643. The third kappa shape index (κ3) is 8.03. The summed E-state index contributed by atoms with van der Waals surface area (Å²) in [5.41, 5.74) is 11.2. The quantitative estimate of drug-likeness (QED) is 0.664. The molecule has 4 unspecified atom stereocenters. The molecular formula is C14H32N2O2. The van der Waals surface area contributed by atoms with Crippen molar-refractivity contribution < 1.29 is 9.47 Å². The number of nitrogens with two attached hydrogens (primary N) is 2. The molecule has 0 saturated heterocycles. The van der Waals surface area contributed by atoms with Crippen LogP contribution in [-0.2, 0) is 9.47 Å². The van der Waals surface area contributed by atoms with Crippen molar-refractivity contribution >= 4 is 0 Å². The maximum Gasteiger partial charge on any atom is 0.0674 e. The maximum atomic E-state index is 5.84. The van der Waals surface area contributed by atoms with Crippen molar-refractivity contribution in [2.24, 2.45) is 17.4 Å². The molecule has 4 heteroatoms. The number of hydrogen-bond donors (Lipinski definition) is 2. The summed E-state index contributed by atoms with van der Waals surface area (Å²) < 4.78 is 11.7. The Labute approximate surface area is 112 Å². The lowest BCUT2D eigenvalue weighted by molar-refractivity contribution is -0.0898. The monoisotopic (exact) mass is 260 g/mol. The van der Waals surface area contributed by atoms with E-state index in [1.54, 1.807) is 0 Å². The van der Waals surface area contributed by atoms with Crippen molar-refractivity contribution in [2.45, 2.75) is 71.8 Å². The van der Waals surface area contributed by atoms with Gasteiger partial charge in [0.1, 0.15) is 0 Å². The maximum absolute atomic E-state index is 5.84. The molecule has 0 fully saturated rings. The topological polar surface area (TPSA) is 70.5 Å². The van der Waals surface area contributed by atoms with Gasteiger partial charge < -0.3 is 20.9 Å². The normalized spacial score (nSPS) is 19.3. The first-order valence-corrected chi connectivity index (χ1v) is 6.91. The van der Waals surface area contributed by atoms with Crippen LogP contribution in [0.5, 0.6) is 0 Å². The minimum atomic E-state index is -0.221. The Hall–Kier alpha value is -0.160. The summed E-state index contributed by atoms with van der Waals surface area (Å²) in [6.07, 6.45) is 1.07. The molecule has 0 aliphatic carbocycles. The van der Waals surface area contributed by atoms with E-state index in [1.807, 2.05) is 13.8 Å². The summed E-state index contributed by atoms with van der Waals surface area (Å²) in [6.45, 7) is 13.6. The molecule has 0 heterocycles. The lowest BCUT2D eigenvalue weighted by atomic mass is 9.93. The summed E-state index contributed by atoms with van der Waals surface area (Å²) in [5, 5.41) is 0. The van der Waals surface area contributed by atoms with Gasteiger partial charge in [-0.25, -0.2) is 0 Å². The van der Waals surface area contributed by atoms with Crippen LogP contribution in [0.4, 0.5) is 0 Å². The lowest BCUT2D eigenvalue weighted by Crippen LogP contribution is -2.39. The first-order valence-electron chi connectivity index (χ1n) is 6.91. The highest BCUT2D eigenvalue weighted by molar-refractivity contribution is 4.77. The molecule has 0 aromatic rings. The molecule has 4 N–H and O–H groups in total. The molecule has 0 aliphatic rings. The average molecular weight is 260 g/mol. The fraction of sp³-hybridized carbons (Fsp3) is 1.00. The van der Waals surface area contributed by atoms with Crippen molar-refractivity contribution in [1.82, 2.24) is 0 Å². The third-order valence-corrected chi connectivity index (χ3v) is 3.24. The Balaban J connectivity index is 4.02. The Morgan fingerprint density at radius 1 is 0.944 bits per heavy atom. The van der Waals surface area contributed by atoms with Gasteiger partial charge in [0.05, 0.1) is 24.9 Å². The molecule has 0 saturated carbocycles. The number of ether oxygens (including phenoxy) is 2. The van der Waals surface area contributed by atoms with E-state index in [0.29, 0.717) is 19.1 Å². The van der Waals surface area contributed by atoms with Gasteiger partial charge in [-0.2, -0.15) is 0 Å². The predicted octanol–water partition coefficient (Wildman–Crippen LogP) is 1.91. The third-order valence-electron chi connectivity index (χ3n) is 3.24. The van der Waals surface area contributed by atoms with Crippen LogP contribution in [0.1, 0.15) is 48.0 Å². The van der Waals surface area contributed by atoms with Crippen molar-refractivity contribution in [3.63, 3.8) is 0 Å². The number of rotatable bonds is 9. The second kappa shape index (κ2) is 8.10. The van der Waals surface area contributed by atoms with E-state index in [1.165, 1.54) is 0 Å². The van der Waals surface area contributed by atoms with E-state index < -0.39 is 0 Å². The standard InChI is InChI=1S/C14H32N2O2/c1-10(8-17-13(4)7-11(2)15)14(5,6)18-9-12(3)16/h10-13H,7-9,15-16H2,1-6H3. The second-order valence-electron chi connectivity index (χ2n) is 6.15. The zero-order valence-electron chi connectivity index (χ0n) is 12.9. The molecule has 18 heavy (non-hydrogen) atoms. The van der Waals surface area contributed by atoms with E-state index in [2.05, 4.69) is 27.7 Å². The average Bonchev–Trinajstić information content (AvgIpc) is 2.22. The fourth-order valence-electron chi connectivity index (χ4n) is 1.59. The summed E-state index contributed by atoms with van der Waals surface area (Å²) in [7, 11) is 0. The predicted molar refractivity (Wildman–Crippen MR) is 76.5 cm³/mol. The van der Waals surface area contributed by atoms with Gasteiger partial charge in [-0.15, -0.1) is 0 Å². The molecule has 0 rings (SSSR count). The molecule has 110 valence electrons. The van der Waals surface area contributed by atoms with Crippen LogP contribution in [0.15, 0.2) is 0 Å². The van der Waals surface area contributed by atoms with Crippen LogP contribution >= 0.6 is 0 Å². The van der Waals surface area contributed by atoms with E-state index >= 15 is 0 Å². The molecule has 0 aromatic heterocycles. The summed E-state index contributed by atoms with van der Waals surface area (Å²) >= 11 is 0. The minimum Gasteiger partial charge on any atom is -0.378 e. The molecule has 0 aromatic carbocycles. The summed E-state index contributed by atoms with van der Waals surface area (Å²) in [6, 6.07) is 0.243. The molecule has 4 nitrogen and oxygen atoms in total. The fourth-order valence-corrected chi connectivity index (χ4v) is 1.59. The van der Waals surface area contributed by atoms with Gasteiger partial charge in [-0.05, 0) is 41.0 Å². The first-order chi connectivity index (χ1) is 8.15. The highest BCUT2D eigenvalue weighted by Gasteiger charge is 2.27. The zero-order chi connectivity index (χ0) is 14.3. The van der Waals surface area contributed by atoms with E-state index in [-0.39, 0.29) is 23.8 Å². The van der Waals surface area contributed by atoms with Gasteiger partial charge in [0.25, 0.3) is 0 Å². The lowest BCUT2D eigenvalue weighted by Gasteiger charge is -2.33. The van der Waals surface area contributed by atoms with E-state index in [9.17, 15) is 0 Å². The largest absolute Gasteiger partial charge is 0.378 e. The van der Waals surface area contributed by atoms with Gasteiger partial charge in [0.2, 0.25) is 0 Å². The Bertz CT molecular complexity index is 218. The van der Waals surface area contributed by atoms with Gasteiger partial charge in [0, 0.05) is 18.0 Å². The highest BCUT2D eigenvalue weighted by atomic mass is 16.5. The first kappa shape index (κ1) is 17.8. The van der Waals surface area contributed by atoms with Crippen molar-refractivity contribution in [3.05, 3.63) is 0 Å². The van der Waals surface area contributed by atoms with Gasteiger partial charge in [-0.3, -0.25) is 0 Å². The zero-order valence-corrected chi connectivity index (χ0v) is 12.9. The highest BCUT2D eigenvalue weighted by Crippen LogP contribution is 2.22. The molecule has 0 radical (unpaired) electrons. The van der Waals surface area contributed by atoms with Gasteiger partial charge in [0.15, 0.2) is 0 Å². The van der Waals surface area contributed by atoms with Crippen molar-refractivity contribution in [3.8, 4) is 0 Å². The Morgan fingerprint density at radius 2 is 1.50 bits per heavy atom. The van der Waals surface area contributed by atoms with Crippen molar-refractivity contribution in [2.75, 3.05) is 13.2 Å². The molecule has 0 spiro atoms. The van der Waals surface area contributed by atoms with Gasteiger partial charge >= 0.3 is 0 Å². The molecule has 0 amide bonds. The molecular weight excluding hydrogens is 228 g/mol. The van der Waals surface area contributed by atoms with Crippen LogP contribution in [0.2, 0.25) is 0 Å². The Kier molecular flexibility index (Phi) is 8.03. The van der Waals surface area contributed by atoms with Crippen LogP contribution < -0.4 is 11.5 Å². The van der Waals surface area contributed by atoms with Crippen LogP contribution in [0.3, 0.4) is 0 Å². The van der Waals surface area contributed by atoms with Crippen LogP contribution in [-0.4, -0.2) is 37.0 Å². The van der Waals surface area contributed by atoms with Gasteiger partial charge in [-0.1, -0.05) is 6.92 Å². The second-order valence-corrected chi connectivity index (χ2v) is 6.15.